The second-order valence-corrected chi connectivity index (χ2v) is 6.94. The number of fused-ring (bicyclic) bond motifs is 1. The Bertz CT molecular complexity index is 780. The van der Waals surface area contributed by atoms with Gasteiger partial charge in [-0.1, -0.05) is 24.3 Å². The Kier molecular flexibility index (Phi) is 4.59. The Morgan fingerprint density at radius 3 is 2.76 bits per heavy atom. The van der Waals surface area contributed by atoms with Gasteiger partial charge in [0, 0.05) is 11.3 Å². The average molecular weight is 335 g/mol. The van der Waals surface area contributed by atoms with Gasteiger partial charge in [-0.25, -0.2) is 4.99 Å². The number of para-hydroxylation sites is 1. The fourth-order valence-electron chi connectivity index (χ4n) is 3.42. The molecule has 2 aromatic carbocycles. The Morgan fingerprint density at radius 1 is 1.08 bits per heavy atom. The summed E-state index contributed by atoms with van der Waals surface area (Å²) >= 11 is 0. The van der Waals surface area contributed by atoms with Gasteiger partial charge in [-0.05, 0) is 67.9 Å². The zero-order valence-electron chi connectivity index (χ0n) is 14.5. The first-order chi connectivity index (χ1) is 12.3. The highest BCUT2D eigenvalue weighted by atomic mass is 16.5. The van der Waals surface area contributed by atoms with E-state index in [9.17, 15) is 0 Å². The van der Waals surface area contributed by atoms with E-state index >= 15 is 0 Å². The SMILES string of the molecule is NC(=NCc1ccccc1OC1CCC1)Nc1ccc2c(c1)CCC2. The highest BCUT2D eigenvalue weighted by molar-refractivity contribution is 5.92. The lowest BCUT2D eigenvalue weighted by Gasteiger charge is -2.27. The van der Waals surface area contributed by atoms with E-state index < -0.39 is 0 Å². The van der Waals surface area contributed by atoms with Gasteiger partial charge in [0.2, 0.25) is 0 Å². The van der Waals surface area contributed by atoms with Crippen LogP contribution in [0.25, 0.3) is 0 Å². The van der Waals surface area contributed by atoms with Gasteiger partial charge in [0.1, 0.15) is 5.75 Å². The Hall–Kier alpha value is -2.49. The first-order valence-corrected chi connectivity index (χ1v) is 9.21. The van der Waals surface area contributed by atoms with Crippen LogP contribution in [-0.2, 0) is 19.4 Å². The number of aliphatic imine (C=N–C) groups is 1. The molecule has 3 N–H and O–H groups in total. The summed E-state index contributed by atoms with van der Waals surface area (Å²) in [5, 5.41) is 3.21. The molecule has 0 aliphatic heterocycles. The molecular weight excluding hydrogens is 310 g/mol. The molecule has 2 aliphatic carbocycles. The average Bonchev–Trinajstić information content (AvgIpc) is 3.05. The van der Waals surface area contributed by atoms with Crippen molar-refractivity contribution in [1.29, 1.82) is 0 Å². The van der Waals surface area contributed by atoms with Gasteiger partial charge in [-0.3, -0.25) is 0 Å². The number of anilines is 1. The van der Waals surface area contributed by atoms with Gasteiger partial charge >= 0.3 is 0 Å². The van der Waals surface area contributed by atoms with Crippen LogP contribution in [0.1, 0.15) is 42.4 Å². The van der Waals surface area contributed by atoms with Gasteiger partial charge < -0.3 is 15.8 Å². The number of guanidine groups is 1. The van der Waals surface area contributed by atoms with Crippen molar-refractivity contribution in [3.63, 3.8) is 0 Å². The predicted molar refractivity (Wildman–Crippen MR) is 102 cm³/mol. The molecule has 0 radical (unpaired) electrons. The van der Waals surface area contributed by atoms with E-state index in [4.69, 9.17) is 10.5 Å². The van der Waals surface area contributed by atoms with Gasteiger partial charge in [-0.2, -0.15) is 0 Å². The molecule has 2 aliphatic rings. The van der Waals surface area contributed by atoms with Crippen LogP contribution in [0.5, 0.6) is 5.75 Å². The summed E-state index contributed by atoms with van der Waals surface area (Å²) in [4.78, 5) is 4.50. The molecule has 1 fully saturated rings. The predicted octanol–water partition coefficient (Wildman–Crippen LogP) is 4.03. The van der Waals surface area contributed by atoms with Gasteiger partial charge in [0.05, 0.1) is 12.6 Å². The molecule has 1 saturated carbocycles. The molecular formula is C21H25N3O. The monoisotopic (exact) mass is 335 g/mol. The smallest absolute Gasteiger partial charge is 0.193 e. The zero-order valence-corrected chi connectivity index (χ0v) is 14.5. The minimum absolute atomic E-state index is 0.368. The lowest BCUT2D eigenvalue weighted by Crippen LogP contribution is -2.25. The number of aryl methyl sites for hydroxylation is 2. The number of nitrogens with zero attached hydrogens (tertiary/aromatic N) is 1. The van der Waals surface area contributed by atoms with Crippen LogP contribution in [0, 0.1) is 0 Å². The second-order valence-electron chi connectivity index (χ2n) is 6.94. The number of hydrogen-bond acceptors (Lipinski definition) is 2. The highest BCUT2D eigenvalue weighted by Gasteiger charge is 2.20. The standard InChI is InChI=1S/C21H25N3O/c22-21(24-18-12-11-15-6-3-7-16(15)13-18)23-14-17-5-1-2-10-20(17)25-19-8-4-9-19/h1-2,5,10-13,19H,3-4,6-9,14H2,(H3,22,23,24). The maximum Gasteiger partial charge on any atom is 0.193 e. The summed E-state index contributed by atoms with van der Waals surface area (Å²) in [6, 6.07) is 14.6. The number of nitrogens with two attached hydrogens (primary N) is 1. The lowest BCUT2D eigenvalue weighted by atomic mass is 9.96. The minimum atomic E-state index is 0.368. The van der Waals surface area contributed by atoms with Crippen LogP contribution in [0.4, 0.5) is 5.69 Å². The molecule has 4 nitrogen and oxygen atoms in total. The largest absolute Gasteiger partial charge is 0.490 e. The molecule has 130 valence electrons. The molecule has 0 heterocycles. The molecule has 0 saturated heterocycles. The summed E-state index contributed by atoms with van der Waals surface area (Å²) in [6.07, 6.45) is 7.54. The molecule has 25 heavy (non-hydrogen) atoms. The third-order valence-electron chi connectivity index (χ3n) is 5.11. The first kappa shape index (κ1) is 16.0. The molecule has 2 aromatic rings. The van der Waals surface area contributed by atoms with Crippen LogP contribution in [0.15, 0.2) is 47.5 Å². The Morgan fingerprint density at radius 2 is 1.92 bits per heavy atom. The van der Waals surface area contributed by atoms with Crippen molar-refractivity contribution in [1.82, 2.24) is 0 Å². The van der Waals surface area contributed by atoms with Crippen molar-refractivity contribution in [2.45, 2.75) is 51.2 Å². The molecule has 4 heteroatoms. The van der Waals surface area contributed by atoms with Crippen molar-refractivity contribution >= 4 is 11.6 Å². The fourth-order valence-corrected chi connectivity index (χ4v) is 3.42. The van der Waals surface area contributed by atoms with Crippen LogP contribution in [0.3, 0.4) is 0 Å². The topological polar surface area (TPSA) is 59.6 Å². The van der Waals surface area contributed by atoms with E-state index in [-0.39, 0.29) is 0 Å². The first-order valence-electron chi connectivity index (χ1n) is 9.21. The quantitative estimate of drug-likeness (QED) is 0.640. The molecule has 0 aromatic heterocycles. The molecule has 0 bridgehead atoms. The molecule has 0 amide bonds. The van der Waals surface area contributed by atoms with E-state index in [2.05, 4.69) is 34.6 Å². The van der Waals surface area contributed by atoms with Crippen molar-refractivity contribution in [3.05, 3.63) is 59.2 Å². The summed E-state index contributed by atoms with van der Waals surface area (Å²) in [6.45, 7) is 0.521. The summed E-state index contributed by atoms with van der Waals surface area (Å²) in [5.74, 6) is 1.37. The number of benzene rings is 2. The number of rotatable bonds is 5. The Balaban J connectivity index is 1.41. The highest BCUT2D eigenvalue weighted by Crippen LogP contribution is 2.28. The van der Waals surface area contributed by atoms with Crippen molar-refractivity contribution < 1.29 is 4.74 Å². The van der Waals surface area contributed by atoms with Gasteiger partial charge in [-0.15, -0.1) is 0 Å². The number of hydrogen-bond donors (Lipinski definition) is 2. The normalized spacial score (nSPS) is 17.0. The maximum atomic E-state index is 6.09. The number of nitrogens with one attached hydrogen (secondary N) is 1. The van der Waals surface area contributed by atoms with Crippen molar-refractivity contribution in [2.24, 2.45) is 10.7 Å². The van der Waals surface area contributed by atoms with Crippen LogP contribution < -0.4 is 15.8 Å². The van der Waals surface area contributed by atoms with Crippen molar-refractivity contribution in [3.8, 4) is 5.75 Å². The fraction of sp³-hybridized carbons (Fsp3) is 0.381. The second kappa shape index (κ2) is 7.18. The van der Waals surface area contributed by atoms with E-state index in [1.807, 2.05) is 18.2 Å². The third kappa shape index (κ3) is 3.78. The van der Waals surface area contributed by atoms with E-state index in [0.29, 0.717) is 18.6 Å². The van der Waals surface area contributed by atoms with E-state index in [1.165, 1.54) is 30.4 Å². The van der Waals surface area contributed by atoms with Crippen LogP contribution in [-0.4, -0.2) is 12.1 Å². The van der Waals surface area contributed by atoms with E-state index in [0.717, 1.165) is 36.3 Å². The maximum absolute atomic E-state index is 6.09. The third-order valence-corrected chi connectivity index (χ3v) is 5.11. The molecule has 4 rings (SSSR count). The van der Waals surface area contributed by atoms with Crippen LogP contribution in [0.2, 0.25) is 0 Å². The van der Waals surface area contributed by atoms with E-state index in [1.54, 1.807) is 0 Å². The van der Waals surface area contributed by atoms with Crippen LogP contribution >= 0.6 is 0 Å². The molecule has 0 atom stereocenters. The summed E-state index contributed by atoms with van der Waals surface area (Å²) < 4.78 is 6.05. The van der Waals surface area contributed by atoms with Gasteiger partial charge in [0.15, 0.2) is 5.96 Å². The zero-order chi connectivity index (χ0) is 17.1. The lowest BCUT2D eigenvalue weighted by molar-refractivity contribution is 0.119. The summed E-state index contributed by atoms with van der Waals surface area (Å²) in [7, 11) is 0. The van der Waals surface area contributed by atoms with Gasteiger partial charge in [0.25, 0.3) is 0 Å². The molecule has 0 unspecified atom stereocenters. The molecule has 0 spiro atoms. The van der Waals surface area contributed by atoms with Crippen molar-refractivity contribution in [2.75, 3.05) is 5.32 Å². The Labute approximate surface area is 149 Å². The number of ether oxygens (including phenoxy) is 1. The summed E-state index contributed by atoms with van der Waals surface area (Å²) in [5.41, 5.74) is 11.1. The minimum Gasteiger partial charge on any atom is -0.490 e.